The van der Waals surface area contributed by atoms with Gasteiger partial charge in [-0.25, -0.2) is 13.1 Å². The lowest BCUT2D eigenvalue weighted by atomic mass is 9.88. The van der Waals surface area contributed by atoms with Crippen LogP contribution in [0.1, 0.15) is 56.2 Å². The molecular formula is C24H33N3O3S. The van der Waals surface area contributed by atoms with Crippen molar-refractivity contribution in [1.82, 2.24) is 14.6 Å². The second kappa shape index (κ2) is 10.9. The van der Waals surface area contributed by atoms with E-state index in [1.54, 1.807) is 17.3 Å². The number of hydrogen-bond acceptors (Lipinski definition) is 4. The van der Waals surface area contributed by atoms with Crippen molar-refractivity contribution in [2.45, 2.75) is 65.1 Å². The number of aryl methyl sites for hydroxylation is 1. The van der Waals surface area contributed by atoms with E-state index in [9.17, 15) is 13.2 Å². The lowest BCUT2D eigenvalue weighted by Crippen LogP contribution is -2.43. The Morgan fingerprint density at radius 1 is 1.03 bits per heavy atom. The highest BCUT2D eigenvalue weighted by molar-refractivity contribution is 7.90. The average Bonchev–Trinajstić information content (AvgIpc) is 2.75. The number of rotatable bonds is 9. The summed E-state index contributed by atoms with van der Waals surface area (Å²) in [5.41, 5.74) is 3.07. The van der Waals surface area contributed by atoms with Crippen LogP contribution in [0.5, 0.6) is 0 Å². The highest BCUT2D eigenvalue weighted by Crippen LogP contribution is 2.24. The molecule has 0 saturated heterocycles. The number of nitrogens with zero attached hydrogens (tertiary/aromatic N) is 2. The third kappa shape index (κ3) is 7.43. The fraction of sp³-hybridized carbons (Fsp3) is 0.500. The van der Waals surface area contributed by atoms with Crippen molar-refractivity contribution in [3.63, 3.8) is 0 Å². The van der Waals surface area contributed by atoms with E-state index in [4.69, 9.17) is 0 Å². The van der Waals surface area contributed by atoms with Crippen LogP contribution in [0.4, 0.5) is 0 Å². The molecule has 1 N–H and O–H groups in total. The van der Waals surface area contributed by atoms with E-state index >= 15 is 0 Å². The summed E-state index contributed by atoms with van der Waals surface area (Å²) in [5.74, 6) is -0.302. The molecule has 0 spiro atoms. The van der Waals surface area contributed by atoms with Gasteiger partial charge in [-0.1, -0.05) is 44.2 Å². The van der Waals surface area contributed by atoms with E-state index in [1.165, 1.54) is 5.56 Å². The molecule has 6 nitrogen and oxygen atoms in total. The minimum absolute atomic E-state index is 0.0673. The molecule has 2 aromatic rings. The molecule has 0 bridgehead atoms. The molecule has 1 amide bonds. The molecule has 0 unspecified atom stereocenters. The zero-order valence-electron chi connectivity index (χ0n) is 18.5. The molecule has 1 aromatic carbocycles. The lowest BCUT2D eigenvalue weighted by molar-refractivity contribution is -0.129. The maximum Gasteiger partial charge on any atom is 0.239 e. The van der Waals surface area contributed by atoms with E-state index in [0.29, 0.717) is 19.0 Å². The summed E-state index contributed by atoms with van der Waals surface area (Å²) >= 11 is 0. The maximum absolute atomic E-state index is 13.1. The number of sulfonamides is 1. The van der Waals surface area contributed by atoms with Gasteiger partial charge in [-0.05, 0) is 60.8 Å². The summed E-state index contributed by atoms with van der Waals surface area (Å²) in [6.45, 7) is 4.96. The van der Waals surface area contributed by atoms with E-state index in [1.807, 2.05) is 36.4 Å². The summed E-state index contributed by atoms with van der Waals surface area (Å²) in [6.07, 6.45) is 8.02. The second-order valence-corrected chi connectivity index (χ2v) is 10.4. The smallest absolute Gasteiger partial charge is 0.239 e. The Balaban J connectivity index is 1.69. The number of benzene rings is 1. The number of carbonyl (C=O) groups is 1. The molecule has 0 atom stereocenters. The highest BCUT2D eigenvalue weighted by Gasteiger charge is 2.27. The minimum atomic E-state index is -3.70. The van der Waals surface area contributed by atoms with Crippen molar-refractivity contribution in [3.05, 3.63) is 65.5 Å². The minimum Gasteiger partial charge on any atom is -0.333 e. The van der Waals surface area contributed by atoms with Crippen LogP contribution < -0.4 is 4.72 Å². The third-order valence-electron chi connectivity index (χ3n) is 5.93. The Morgan fingerprint density at radius 2 is 1.68 bits per heavy atom. The van der Waals surface area contributed by atoms with Crippen LogP contribution in [0, 0.1) is 5.92 Å². The molecule has 1 heterocycles. The van der Waals surface area contributed by atoms with Crippen molar-refractivity contribution in [2.75, 3.05) is 5.75 Å². The number of aromatic nitrogens is 1. The van der Waals surface area contributed by atoms with E-state index < -0.39 is 21.7 Å². The van der Waals surface area contributed by atoms with Crippen LogP contribution in [0.3, 0.4) is 0 Å². The first-order chi connectivity index (χ1) is 14.8. The van der Waals surface area contributed by atoms with Gasteiger partial charge in [0, 0.05) is 31.5 Å². The van der Waals surface area contributed by atoms with Crippen LogP contribution in [0.25, 0.3) is 0 Å². The SMILES string of the molecule is CCc1ccc(CN(Cc2cccnc2)C(=O)CS(=O)(=O)NC2CCC(C)CC2)cc1. The fourth-order valence-corrected chi connectivity index (χ4v) is 5.31. The number of carbonyl (C=O) groups excluding carboxylic acids is 1. The van der Waals surface area contributed by atoms with Crippen molar-refractivity contribution in [3.8, 4) is 0 Å². The predicted molar refractivity (Wildman–Crippen MR) is 123 cm³/mol. The normalized spacial score (nSPS) is 19.2. The van der Waals surface area contributed by atoms with Crippen LogP contribution >= 0.6 is 0 Å². The van der Waals surface area contributed by atoms with Gasteiger partial charge in [0.2, 0.25) is 15.9 Å². The molecule has 3 rings (SSSR count). The summed E-state index contributed by atoms with van der Waals surface area (Å²) in [6, 6.07) is 11.7. The quantitative estimate of drug-likeness (QED) is 0.641. The summed E-state index contributed by atoms with van der Waals surface area (Å²) in [4.78, 5) is 18.8. The predicted octanol–water partition coefficient (Wildman–Crippen LogP) is 3.67. The molecule has 168 valence electrons. The zero-order valence-corrected chi connectivity index (χ0v) is 19.3. The van der Waals surface area contributed by atoms with Crippen LogP contribution in [0.15, 0.2) is 48.8 Å². The monoisotopic (exact) mass is 443 g/mol. The number of hydrogen-bond donors (Lipinski definition) is 1. The molecule has 0 radical (unpaired) electrons. The van der Waals surface area contributed by atoms with E-state index in [-0.39, 0.29) is 6.04 Å². The molecule has 1 aliphatic carbocycles. The van der Waals surface area contributed by atoms with Crippen molar-refractivity contribution >= 4 is 15.9 Å². The molecule has 1 aliphatic rings. The van der Waals surface area contributed by atoms with Gasteiger partial charge < -0.3 is 4.90 Å². The molecule has 7 heteroatoms. The maximum atomic E-state index is 13.1. The Kier molecular flexibility index (Phi) is 8.21. The standard InChI is InChI=1S/C24H33N3O3S/c1-3-20-8-10-21(11-9-20)16-27(17-22-5-4-14-25-15-22)24(28)18-31(29,30)26-23-12-6-19(2)7-13-23/h4-5,8-11,14-15,19,23,26H,3,6-7,12-13,16-18H2,1-2H3. The molecule has 31 heavy (non-hydrogen) atoms. The fourth-order valence-electron chi connectivity index (χ4n) is 3.97. The van der Waals surface area contributed by atoms with Crippen molar-refractivity contribution in [1.29, 1.82) is 0 Å². The van der Waals surface area contributed by atoms with Gasteiger partial charge in [-0.2, -0.15) is 0 Å². The number of amides is 1. The van der Waals surface area contributed by atoms with Gasteiger partial charge in [0.25, 0.3) is 0 Å². The number of nitrogens with one attached hydrogen (secondary N) is 1. The van der Waals surface area contributed by atoms with Crippen LogP contribution in [-0.2, 0) is 34.3 Å². The van der Waals surface area contributed by atoms with Gasteiger partial charge in [0.05, 0.1) is 0 Å². The Labute approximate surface area is 186 Å². The van der Waals surface area contributed by atoms with E-state index in [0.717, 1.165) is 43.2 Å². The first-order valence-electron chi connectivity index (χ1n) is 11.1. The summed E-state index contributed by atoms with van der Waals surface area (Å²) in [7, 11) is -3.70. The van der Waals surface area contributed by atoms with Crippen molar-refractivity contribution < 1.29 is 13.2 Å². The van der Waals surface area contributed by atoms with E-state index in [2.05, 4.69) is 23.6 Å². The van der Waals surface area contributed by atoms with Gasteiger partial charge in [0.1, 0.15) is 5.75 Å². The summed E-state index contributed by atoms with van der Waals surface area (Å²) in [5, 5.41) is 0. The first-order valence-corrected chi connectivity index (χ1v) is 12.7. The third-order valence-corrected chi connectivity index (χ3v) is 7.25. The van der Waals surface area contributed by atoms with Gasteiger partial charge in [0.15, 0.2) is 0 Å². The molecule has 1 fully saturated rings. The molecule has 1 saturated carbocycles. The van der Waals surface area contributed by atoms with Crippen molar-refractivity contribution in [2.24, 2.45) is 5.92 Å². The van der Waals surface area contributed by atoms with Gasteiger partial charge >= 0.3 is 0 Å². The second-order valence-electron chi connectivity index (χ2n) is 8.61. The Morgan fingerprint density at radius 3 is 2.29 bits per heavy atom. The topological polar surface area (TPSA) is 79.4 Å². The number of pyridine rings is 1. The van der Waals surface area contributed by atoms with Gasteiger partial charge in [-0.3, -0.25) is 9.78 Å². The Hall–Kier alpha value is -2.25. The molecular weight excluding hydrogens is 410 g/mol. The highest BCUT2D eigenvalue weighted by atomic mass is 32.2. The summed E-state index contributed by atoms with van der Waals surface area (Å²) < 4.78 is 28.2. The van der Waals surface area contributed by atoms with Gasteiger partial charge in [-0.15, -0.1) is 0 Å². The zero-order chi connectivity index (χ0) is 22.3. The van der Waals surface area contributed by atoms with Crippen LogP contribution in [0.2, 0.25) is 0 Å². The first kappa shape index (κ1) is 23.4. The largest absolute Gasteiger partial charge is 0.333 e. The Bertz CT molecular complexity index is 938. The molecule has 0 aliphatic heterocycles. The van der Waals surface area contributed by atoms with Crippen LogP contribution in [-0.4, -0.2) is 36.0 Å². The average molecular weight is 444 g/mol. The lowest BCUT2D eigenvalue weighted by Gasteiger charge is -2.27. The molecule has 1 aromatic heterocycles.